The molecular weight excluding hydrogens is 165 g/mol. The summed E-state index contributed by atoms with van der Waals surface area (Å²) in [5.74, 6) is -0.998. The van der Waals surface area contributed by atoms with E-state index >= 15 is 0 Å². The minimum atomic E-state index is -0.998. The third-order valence-corrected chi connectivity index (χ3v) is 1.72. The molecule has 1 aromatic rings. The Morgan fingerprint density at radius 3 is 2.85 bits per heavy atom. The SMILES string of the molecule is [B]c1cccc(CC(N)C(=O)O)c1. The van der Waals surface area contributed by atoms with Gasteiger partial charge >= 0.3 is 5.97 Å². The second-order valence-corrected chi connectivity index (χ2v) is 2.89. The lowest BCUT2D eigenvalue weighted by Gasteiger charge is -2.06. The van der Waals surface area contributed by atoms with E-state index in [2.05, 4.69) is 0 Å². The van der Waals surface area contributed by atoms with Gasteiger partial charge in [-0.1, -0.05) is 29.7 Å². The van der Waals surface area contributed by atoms with E-state index < -0.39 is 12.0 Å². The van der Waals surface area contributed by atoms with Gasteiger partial charge in [0.2, 0.25) is 0 Å². The first-order chi connectivity index (χ1) is 6.09. The molecule has 0 aliphatic heterocycles. The van der Waals surface area contributed by atoms with Crippen molar-refractivity contribution in [3.63, 3.8) is 0 Å². The van der Waals surface area contributed by atoms with Crippen molar-refractivity contribution in [1.82, 2.24) is 0 Å². The Labute approximate surface area is 78.0 Å². The van der Waals surface area contributed by atoms with E-state index in [0.29, 0.717) is 11.9 Å². The maximum absolute atomic E-state index is 10.4. The zero-order valence-electron chi connectivity index (χ0n) is 7.10. The lowest BCUT2D eigenvalue weighted by Crippen LogP contribution is -2.32. The summed E-state index contributed by atoms with van der Waals surface area (Å²) < 4.78 is 0. The Bertz CT molecular complexity index is 314. The first-order valence-electron chi connectivity index (χ1n) is 3.92. The van der Waals surface area contributed by atoms with Gasteiger partial charge in [0.05, 0.1) is 0 Å². The Morgan fingerprint density at radius 2 is 2.31 bits per heavy atom. The van der Waals surface area contributed by atoms with Gasteiger partial charge in [0.15, 0.2) is 0 Å². The van der Waals surface area contributed by atoms with E-state index in [1.54, 1.807) is 24.3 Å². The summed E-state index contributed by atoms with van der Waals surface area (Å²) in [4.78, 5) is 10.4. The number of nitrogens with two attached hydrogens (primary N) is 1. The van der Waals surface area contributed by atoms with Crippen LogP contribution in [0.3, 0.4) is 0 Å². The highest BCUT2D eigenvalue weighted by atomic mass is 16.4. The number of rotatable bonds is 3. The third kappa shape index (κ3) is 2.91. The second kappa shape index (κ2) is 4.09. The van der Waals surface area contributed by atoms with Gasteiger partial charge in [-0.15, -0.1) is 0 Å². The average Bonchev–Trinajstić information content (AvgIpc) is 2.04. The van der Waals surface area contributed by atoms with Crippen LogP contribution in [0.15, 0.2) is 24.3 Å². The second-order valence-electron chi connectivity index (χ2n) is 2.89. The maximum Gasteiger partial charge on any atom is 0.320 e. The van der Waals surface area contributed by atoms with Crippen LogP contribution in [0.1, 0.15) is 5.56 Å². The Kier molecular flexibility index (Phi) is 3.09. The Morgan fingerprint density at radius 1 is 1.62 bits per heavy atom. The number of hydrogen-bond donors (Lipinski definition) is 2. The highest BCUT2D eigenvalue weighted by Crippen LogP contribution is 1.99. The van der Waals surface area contributed by atoms with E-state index in [1.807, 2.05) is 0 Å². The van der Waals surface area contributed by atoms with Crippen LogP contribution in [-0.2, 0) is 11.2 Å². The smallest absolute Gasteiger partial charge is 0.320 e. The van der Waals surface area contributed by atoms with Crippen LogP contribution >= 0.6 is 0 Å². The van der Waals surface area contributed by atoms with Gasteiger partial charge in [-0.25, -0.2) is 0 Å². The maximum atomic E-state index is 10.4. The molecule has 1 aromatic carbocycles. The normalized spacial score (nSPS) is 12.4. The van der Waals surface area contributed by atoms with Crippen molar-refractivity contribution >= 4 is 19.3 Å². The highest BCUT2D eigenvalue weighted by molar-refractivity contribution is 6.32. The van der Waals surface area contributed by atoms with Crippen molar-refractivity contribution in [3.05, 3.63) is 29.8 Å². The molecule has 1 atom stereocenters. The average molecular weight is 175 g/mol. The number of carboxylic acids is 1. The van der Waals surface area contributed by atoms with Crippen LogP contribution in [0.5, 0.6) is 0 Å². The quantitative estimate of drug-likeness (QED) is 0.605. The summed E-state index contributed by atoms with van der Waals surface area (Å²) >= 11 is 0. The standard InChI is InChI=1S/C9H10BNO2/c10-7-3-1-2-6(4-7)5-8(11)9(12)13/h1-4,8H,5,11H2,(H,12,13). The van der Waals surface area contributed by atoms with E-state index in [1.165, 1.54) is 0 Å². The molecule has 0 bridgehead atoms. The highest BCUT2D eigenvalue weighted by Gasteiger charge is 2.11. The molecule has 1 rings (SSSR count). The van der Waals surface area contributed by atoms with Gasteiger partial charge in [0.25, 0.3) is 0 Å². The third-order valence-electron chi connectivity index (χ3n) is 1.72. The summed E-state index contributed by atoms with van der Waals surface area (Å²) in [6.07, 6.45) is 0.306. The van der Waals surface area contributed by atoms with Crippen molar-refractivity contribution in [3.8, 4) is 0 Å². The van der Waals surface area contributed by atoms with Gasteiger partial charge in [0, 0.05) is 0 Å². The first-order valence-corrected chi connectivity index (χ1v) is 3.92. The fourth-order valence-electron chi connectivity index (χ4n) is 1.06. The van der Waals surface area contributed by atoms with Gasteiger partial charge in [-0.05, 0) is 12.0 Å². The molecule has 4 heteroatoms. The summed E-state index contributed by atoms with van der Waals surface area (Å²) in [5, 5.41) is 8.56. The zero-order chi connectivity index (χ0) is 9.84. The van der Waals surface area contributed by atoms with E-state index in [0.717, 1.165) is 5.56 Å². The van der Waals surface area contributed by atoms with Crippen molar-refractivity contribution in [2.75, 3.05) is 0 Å². The monoisotopic (exact) mass is 175 g/mol. The van der Waals surface area contributed by atoms with Crippen molar-refractivity contribution < 1.29 is 9.90 Å². The first kappa shape index (κ1) is 9.80. The molecule has 0 amide bonds. The largest absolute Gasteiger partial charge is 0.480 e. The number of hydrogen-bond acceptors (Lipinski definition) is 2. The minimum absolute atomic E-state index is 0.306. The molecule has 0 saturated heterocycles. The number of carbonyl (C=O) groups is 1. The number of carboxylic acid groups (broad SMARTS) is 1. The van der Waals surface area contributed by atoms with E-state index in [4.69, 9.17) is 18.7 Å². The molecule has 0 fully saturated rings. The molecule has 1 unspecified atom stereocenters. The molecule has 66 valence electrons. The predicted octanol–water partition coefficient (Wildman–Crippen LogP) is -0.565. The Balaban J connectivity index is 2.69. The predicted molar refractivity (Wildman–Crippen MR) is 51.1 cm³/mol. The van der Waals surface area contributed by atoms with Crippen molar-refractivity contribution in [2.45, 2.75) is 12.5 Å². The molecule has 3 nitrogen and oxygen atoms in total. The van der Waals surface area contributed by atoms with Crippen LogP contribution in [0.2, 0.25) is 0 Å². The van der Waals surface area contributed by atoms with Gasteiger partial charge in [-0.3, -0.25) is 4.79 Å². The lowest BCUT2D eigenvalue weighted by atomic mass is 9.93. The fraction of sp³-hybridized carbons (Fsp3) is 0.222. The number of aliphatic carboxylic acids is 1. The topological polar surface area (TPSA) is 63.3 Å². The van der Waals surface area contributed by atoms with E-state index in [9.17, 15) is 4.79 Å². The van der Waals surface area contributed by atoms with E-state index in [-0.39, 0.29) is 0 Å². The van der Waals surface area contributed by atoms with Crippen LogP contribution < -0.4 is 11.2 Å². The summed E-state index contributed by atoms with van der Waals surface area (Å²) in [6.45, 7) is 0. The van der Waals surface area contributed by atoms with Crippen LogP contribution in [-0.4, -0.2) is 25.0 Å². The molecule has 0 aliphatic carbocycles. The van der Waals surface area contributed by atoms with Gasteiger partial charge in [0.1, 0.15) is 13.9 Å². The fourth-order valence-corrected chi connectivity index (χ4v) is 1.06. The van der Waals surface area contributed by atoms with Crippen LogP contribution in [0.25, 0.3) is 0 Å². The van der Waals surface area contributed by atoms with Gasteiger partial charge in [-0.2, -0.15) is 0 Å². The summed E-state index contributed by atoms with van der Waals surface area (Å²) in [5.41, 5.74) is 6.82. The van der Waals surface area contributed by atoms with Crippen molar-refractivity contribution in [1.29, 1.82) is 0 Å². The van der Waals surface area contributed by atoms with Crippen LogP contribution in [0.4, 0.5) is 0 Å². The molecule has 0 heterocycles. The molecule has 0 aromatic heterocycles. The minimum Gasteiger partial charge on any atom is -0.480 e. The number of benzene rings is 1. The molecular formula is C9H10BNO2. The summed E-state index contributed by atoms with van der Waals surface area (Å²) in [7, 11) is 5.52. The Hall–Kier alpha value is -1.29. The molecule has 0 saturated carbocycles. The molecule has 2 radical (unpaired) electrons. The lowest BCUT2D eigenvalue weighted by molar-refractivity contribution is -0.138. The van der Waals surface area contributed by atoms with Crippen molar-refractivity contribution in [2.24, 2.45) is 5.73 Å². The molecule has 0 aliphatic rings. The van der Waals surface area contributed by atoms with Gasteiger partial charge < -0.3 is 10.8 Å². The summed E-state index contributed by atoms with van der Waals surface area (Å²) in [6, 6.07) is 6.19. The molecule has 0 spiro atoms. The molecule has 3 N–H and O–H groups in total. The van der Waals surface area contributed by atoms with Crippen LogP contribution in [0, 0.1) is 0 Å². The zero-order valence-corrected chi connectivity index (χ0v) is 7.10. The molecule has 13 heavy (non-hydrogen) atoms.